The van der Waals surface area contributed by atoms with E-state index in [9.17, 15) is 18.0 Å². The second-order valence-corrected chi connectivity index (χ2v) is 4.65. The van der Waals surface area contributed by atoms with E-state index in [0.29, 0.717) is 6.07 Å². The highest BCUT2D eigenvalue weighted by Gasteiger charge is 2.34. The molecule has 1 rings (SSSR count). The van der Waals surface area contributed by atoms with Crippen LogP contribution >= 0.6 is 0 Å². The average molecular weight is 306 g/mol. The fourth-order valence-electron chi connectivity index (χ4n) is 1.79. The Bertz CT molecular complexity index is 504. The van der Waals surface area contributed by atoms with Gasteiger partial charge in [0.15, 0.2) is 0 Å². The summed E-state index contributed by atoms with van der Waals surface area (Å²) in [6.45, 7) is 3.96. The van der Waals surface area contributed by atoms with Crippen molar-refractivity contribution < 1.29 is 27.8 Å². The third kappa shape index (κ3) is 4.32. The SMILES string of the molecule is COCCN(c1nc(C(F)(F)F)ccc1C(=O)O)C(C)C. The van der Waals surface area contributed by atoms with Crippen molar-refractivity contribution in [3.8, 4) is 0 Å². The number of anilines is 1. The van der Waals surface area contributed by atoms with Crippen LogP contribution in [0.25, 0.3) is 0 Å². The number of ether oxygens (including phenoxy) is 1. The molecule has 0 saturated carbocycles. The molecule has 0 saturated heterocycles. The van der Waals surface area contributed by atoms with Crippen molar-refractivity contribution in [3.05, 3.63) is 23.4 Å². The number of carboxylic acids is 1. The fourth-order valence-corrected chi connectivity index (χ4v) is 1.79. The van der Waals surface area contributed by atoms with Gasteiger partial charge in [-0.25, -0.2) is 9.78 Å². The van der Waals surface area contributed by atoms with Gasteiger partial charge in [-0.2, -0.15) is 13.2 Å². The minimum absolute atomic E-state index is 0.204. The van der Waals surface area contributed by atoms with Crippen molar-refractivity contribution >= 4 is 11.8 Å². The van der Waals surface area contributed by atoms with Gasteiger partial charge in [-0.3, -0.25) is 0 Å². The van der Waals surface area contributed by atoms with Crippen molar-refractivity contribution in [1.29, 1.82) is 0 Å². The van der Waals surface area contributed by atoms with E-state index < -0.39 is 17.8 Å². The molecule has 1 aromatic rings. The Hall–Kier alpha value is -1.83. The van der Waals surface area contributed by atoms with Gasteiger partial charge in [0, 0.05) is 19.7 Å². The molecule has 21 heavy (non-hydrogen) atoms. The minimum atomic E-state index is -4.63. The Balaban J connectivity index is 3.35. The number of rotatable bonds is 6. The van der Waals surface area contributed by atoms with Gasteiger partial charge in [-0.1, -0.05) is 0 Å². The summed E-state index contributed by atoms with van der Waals surface area (Å²) in [7, 11) is 1.45. The molecule has 0 spiro atoms. The first-order valence-electron chi connectivity index (χ1n) is 6.25. The standard InChI is InChI=1S/C13H17F3N2O3/c1-8(2)18(6-7-21-3)11-9(12(19)20)4-5-10(17-11)13(14,15)16/h4-5,8H,6-7H2,1-3H3,(H,19,20). The second-order valence-electron chi connectivity index (χ2n) is 4.65. The van der Waals surface area contributed by atoms with E-state index in [1.807, 2.05) is 0 Å². The van der Waals surface area contributed by atoms with Crippen molar-refractivity contribution in [2.24, 2.45) is 0 Å². The molecule has 0 aliphatic carbocycles. The maximum atomic E-state index is 12.8. The molecule has 0 aliphatic rings. The molecular weight excluding hydrogens is 289 g/mol. The van der Waals surface area contributed by atoms with E-state index >= 15 is 0 Å². The summed E-state index contributed by atoms with van der Waals surface area (Å²) in [5.41, 5.74) is -1.39. The minimum Gasteiger partial charge on any atom is -0.478 e. The lowest BCUT2D eigenvalue weighted by molar-refractivity contribution is -0.141. The summed E-state index contributed by atoms with van der Waals surface area (Å²) in [5, 5.41) is 9.14. The van der Waals surface area contributed by atoms with E-state index in [-0.39, 0.29) is 30.6 Å². The highest BCUT2D eigenvalue weighted by atomic mass is 19.4. The van der Waals surface area contributed by atoms with Crippen molar-refractivity contribution in [1.82, 2.24) is 4.98 Å². The lowest BCUT2D eigenvalue weighted by Crippen LogP contribution is -2.36. The molecule has 0 fully saturated rings. The zero-order valence-corrected chi connectivity index (χ0v) is 11.9. The largest absolute Gasteiger partial charge is 0.478 e. The fraction of sp³-hybridized carbons (Fsp3) is 0.538. The van der Waals surface area contributed by atoms with Gasteiger partial charge >= 0.3 is 12.1 Å². The number of methoxy groups -OCH3 is 1. The van der Waals surface area contributed by atoms with E-state index in [2.05, 4.69) is 4.98 Å². The van der Waals surface area contributed by atoms with Crippen LogP contribution in [0.2, 0.25) is 0 Å². The van der Waals surface area contributed by atoms with Gasteiger partial charge in [0.2, 0.25) is 0 Å². The van der Waals surface area contributed by atoms with E-state index in [1.54, 1.807) is 13.8 Å². The Kier molecular flexibility index (Phi) is 5.54. The zero-order valence-electron chi connectivity index (χ0n) is 11.9. The molecule has 118 valence electrons. The lowest BCUT2D eigenvalue weighted by atomic mass is 10.2. The van der Waals surface area contributed by atoms with Crippen LogP contribution in [0.3, 0.4) is 0 Å². The predicted molar refractivity (Wildman–Crippen MR) is 70.6 cm³/mol. The van der Waals surface area contributed by atoms with Crippen molar-refractivity contribution in [3.63, 3.8) is 0 Å². The molecule has 0 bridgehead atoms. The molecule has 0 radical (unpaired) electrons. The topological polar surface area (TPSA) is 62.7 Å². The number of nitrogens with zero attached hydrogens (tertiary/aromatic N) is 2. The molecule has 1 heterocycles. The molecule has 5 nitrogen and oxygen atoms in total. The van der Waals surface area contributed by atoms with Crippen LogP contribution in [0.1, 0.15) is 29.9 Å². The zero-order chi connectivity index (χ0) is 16.2. The molecule has 0 aromatic carbocycles. The summed E-state index contributed by atoms with van der Waals surface area (Å²) < 4.78 is 43.2. The van der Waals surface area contributed by atoms with Crippen molar-refractivity contribution in [2.75, 3.05) is 25.2 Å². The number of pyridine rings is 1. The quantitative estimate of drug-likeness (QED) is 0.875. The maximum Gasteiger partial charge on any atom is 0.433 e. The molecule has 1 aromatic heterocycles. The maximum absolute atomic E-state index is 12.8. The first kappa shape index (κ1) is 17.2. The van der Waals surface area contributed by atoms with Crippen LogP contribution in [-0.2, 0) is 10.9 Å². The smallest absolute Gasteiger partial charge is 0.433 e. The monoisotopic (exact) mass is 306 g/mol. The van der Waals surface area contributed by atoms with Gasteiger partial charge in [0.1, 0.15) is 17.1 Å². The average Bonchev–Trinajstić information content (AvgIpc) is 2.37. The van der Waals surface area contributed by atoms with E-state index in [0.717, 1.165) is 6.07 Å². The van der Waals surface area contributed by atoms with Gasteiger partial charge in [-0.15, -0.1) is 0 Å². The first-order chi connectivity index (χ1) is 9.68. The lowest BCUT2D eigenvalue weighted by Gasteiger charge is -2.29. The second kappa shape index (κ2) is 6.75. The first-order valence-corrected chi connectivity index (χ1v) is 6.25. The van der Waals surface area contributed by atoms with Gasteiger partial charge < -0.3 is 14.7 Å². The molecule has 0 aliphatic heterocycles. The number of carbonyl (C=O) groups is 1. The number of alkyl halides is 3. The number of hydrogen-bond acceptors (Lipinski definition) is 4. The Morgan fingerprint density at radius 3 is 2.48 bits per heavy atom. The van der Waals surface area contributed by atoms with E-state index in [1.165, 1.54) is 12.0 Å². The van der Waals surface area contributed by atoms with Crippen molar-refractivity contribution in [2.45, 2.75) is 26.1 Å². The molecule has 1 N–H and O–H groups in total. The van der Waals surface area contributed by atoms with E-state index in [4.69, 9.17) is 9.84 Å². The third-order valence-corrected chi connectivity index (χ3v) is 2.83. The Labute approximate surface area is 120 Å². The third-order valence-electron chi connectivity index (χ3n) is 2.83. The van der Waals surface area contributed by atoms with Gasteiger partial charge in [0.25, 0.3) is 0 Å². The molecule has 0 atom stereocenters. The summed E-state index contributed by atoms with van der Waals surface area (Å²) >= 11 is 0. The summed E-state index contributed by atoms with van der Waals surface area (Å²) in [5.74, 6) is -1.53. The predicted octanol–water partition coefficient (Wildman–Crippen LogP) is 2.66. The highest BCUT2D eigenvalue weighted by Crippen LogP contribution is 2.31. The number of halogens is 3. The van der Waals surface area contributed by atoms with Gasteiger partial charge in [0.05, 0.1) is 6.61 Å². The summed E-state index contributed by atoms with van der Waals surface area (Å²) in [6.07, 6.45) is -4.63. The summed E-state index contributed by atoms with van der Waals surface area (Å²) in [6, 6.07) is 1.37. The Morgan fingerprint density at radius 1 is 1.43 bits per heavy atom. The number of carboxylic acid groups (broad SMARTS) is 1. The Morgan fingerprint density at radius 2 is 2.05 bits per heavy atom. The number of hydrogen-bond donors (Lipinski definition) is 1. The molecular formula is C13H17F3N2O3. The molecule has 0 amide bonds. The number of aromatic nitrogens is 1. The van der Waals surface area contributed by atoms with Crippen LogP contribution in [0.4, 0.5) is 19.0 Å². The van der Waals surface area contributed by atoms with Crippen LogP contribution in [0.15, 0.2) is 12.1 Å². The van der Waals surface area contributed by atoms with Gasteiger partial charge in [-0.05, 0) is 26.0 Å². The van der Waals surface area contributed by atoms with Crippen LogP contribution in [0, 0.1) is 0 Å². The molecule has 0 unspecified atom stereocenters. The van der Waals surface area contributed by atoms with Crippen LogP contribution in [0.5, 0.6) is 0 Å². The molecule has 8 heteroatoms. The number of aromatic carboxylic acids is 1. The highest BCUT2D eigenvalue weighted by molar-refractivity contribution is 5.93. The normalized spacial score (nSPS) is 11.8. The van der Waals surface area contributed by atoms with Crippen LogP contribution in [-0.4, -0.2) is 42.4 Å². The summed E-state index contributed by atoms with van der Waals surface area (Å²) in [4.78, 5) is 16.2. The van der Waals surface area contributed by atoms with Crippen LogP contribution < -0.4 is 4.90 Å².